The van der Waals surface area contributed by atoms with Gasteiger partial charge in [-0.2, -0.15) is 4.98 Å². The zero-order valence-corrected chi connectivity index (χ0v) is 11.2. The van der Waals surface area contributed by atoms with Gasteiger partial charge in [0.1, 0.15) is 6.26 Å². The van der Waals surface area contributed by atoms with E-state index in [9.17, 15) is 4.79 Å². The van der Waals surface area contributed by atoms with E-state index >= 15 is 0 Å². The summed E-state index contributed by atoms with van der Waals surface area (Å²) in [5.74, 6) is 0.108. The molecule has 0 atom stereocenters. The fourth-order valence-electron chi connectivity index (χ4n) is 1.86. The van der Waals surface area contributed by atoms with Gasteiger partial charge < -0.3 is 14.1 Å². The van der Waals surface area contributed by atoms with Gasteiger partial charge in [-0.1, -0.05) is 13.8 Å². The van der Waals surface area contributed by atoms with Crippen LogP contribution in [-0.2, 0) is 4.74 Å². The number of carbonyl (C=O) groups excluding carboxylic acids is 1. The number of ether oxygens (including phenoxy) is 1. The Morgan fingerprint density at radius 1 is 1.61 bits per heavy atom. The van der Waals surface area contributed by atoms with Crippen LogP contribution in [0.1, 0.15) is 44.1 Å². The number of anilines is 1. The van der Waals surface area contributed by atoms with Crippen LogP contribution in [0.15, 0.2) is 10.7 Å². The van der Waals surface area contributed by atoms with Gasteiger partial charge in [-0.05, 0) is 25.7 Å². The van der Waals surface area contributed by atoms with Crippen molar-refractivity contribution < 1.29 is 13.9 Å². The minimum absolute atomic E-state index is 0.251. The second kappa shape index (κ2) is 5.42. The maximum Gasteiger partial charge on any atom is 0.360 e. The summed E-state index contributed by atoms with van der Waals surface area (Å²) in [5, 5.41) is 0. The summed E-state index contributed by atoms with van der Waals surface area (Å²) in [7, 11) is 0. The molecule has 18 heavy (non-hydrogen) atoms. The molecule has 2 rings (SSSR count). The van der Waals surface area contributed by atoms with Crippen LogP contribution in [0.4, 0.5) is 6.01 Å². The Balaban J connectivity index is 2.08. The van der Waals surface area contributed by atoms with Crippen LogP contribution in [0, 0.1) is 5.92 Å². The molecule has 0 N–H and O–H groups in total. The molecule has 0 spiro atoms. The Bertz CT molecular complexity index is 410. The molecule has 100 valence electrons. The van der Waals surface area contributed by atoms with Crippen molar-refractivity contribution in [3.63, 3.8) is 0 Å². The molecule has 0 unspecified atom stereocenters. The summed E-state index contributed by atoms with van der Waals surface area (Å²) in [6.07, 6.45) is 3.72. The van der Waals surface area contributed by atoms with Crippen molar-refractivity contribution in [1.82, 2.24) is 4.98 Å². The average Bonchev–Trinajstić information content (AvgIpc) is 3.03. The smallest absolute Gasteiger partial charge is 0.360 e. The number of oxazole rings is 1. The number of aromatic nitrogens is 1. The second-order valence-corrected chi connectivity index (χ2v) is 5.01. The summed E-state index contributed by atoms with van der Waals surface area (Å²) in [5.41, 5.74) is 0.251. The van der Waals surface area contributed by atoms with Crippen LogP contribution in [0.5, 0.6) is 0 Å². The van der Waals surface area contributed by atoms with Crippen LogP contribution < -0.4 is 4.90 Å². The number of esters is 1. The molecular formula is C13H20N2O3. The molecule has 1 aromatic rings. The number of hydrogen-bond acceptors (Lipinski definition) is 5. The Hall–Kier alpha value is -1.52. The van der Waals surface area contributed by atoms with Crippen molar-refractivity contribution in [3.05, 3.63) is 12.0 Å². The fraction of sp³-hybridized carbons (Fsp3) is 0.692. The van der Waals surface area contributed by atoms with Gasteiger partial charge in [0, 0.05) is 12.6 Å². The number of hydrogen-bond donors (Lipinski definition) is 0. The molecule has 0 saturated heterocycles. The van der Waals surface area contributed by atoms with E-state index in [1.54, 1.807) is 6.92 Å². The maximum atomic E-state index is 11.5. The van der Waals surface area contributed by atoms with Gasteiger partial charge in [0.2, 0.25) is 0 Å². The summed E-state index contributed by atoms with van der Waals surface area (Å²) < 4.78 is 10.3. The van der Waals surface area contributed by atoms with Crippen molar-refractivity contribution in [2.24, 2.45) is 5.92 Å². The van der Waals surface area contributed by atoms with Gasteiger partial charge in [-0.25, -0.2) is 4.79 Å². The van der Waals surface area contributed by atoms with Crippen LogP contribution in [-0.4, -0.2) is 30.1 Å². The van der Waals surface area contributed by atoms with E-state index in [2.05, 4.69) is 23.7 Å². The molecule has 0 radical (unpaired) electrons. The molecule has 5 nitrogen and oxygen atoms in total. The fourth-order valence-corrected chi connectivity index (χ4v) is 1.86. The Morgan fingerprint density at radius 2 is 2.33 bits per heavy atom. The highest BCUT2D eigenvalue weighted by molar-refractivity contribution is 5.87. The molecule has 0 aliphatic heterocycles. The van der Waals surface area contributed by atoms with Crippen LogP contribution in [0.3, 0.4) is 0 Å². The van der Waals surface area contributed by atoms with Gasteiger partial charge in [-0.3, -0.25) is 0 Å². The molecule has 5 heteroatoms. The topological polar surface area (TPSA) is 55.6 Å². The van der Waals surface area contributed by atoms with E-state index in [1.165, 1.54) is 19.1 Å². The molecular weight excluding hydrogens is 232 g/mol. The van der Waals surface area contributed by atoms with Gasteiger partial charge >= 0.3 is 5.97 Å². The lowest BCUT2D eigenvalue weighted by Crippen LogP contribution is -2.30. The summed E-state index contributed by atoms with van der Waals surface area (Å²) in [6.45, 7) is 7.33. The van der Waals surface area contributed by atoms with Gasteiger partial charge in [0.05, 0.1) is 6.61 Å². The molecule has 0 bridgehead atoms. The Kier molecular flexibility index (Phi) is 3.89. The molecule has 0 amide bonds. The third-order valence-corrected chi connectivity index (χ3v) is 2.77. The third kappa shape index (κ3) is 3.03. The quantitative estimate of drug-likeness (QED) is 0.728. The predicted octanol–water partition coefficient (Wildman–Crippen LogP) is 2.48. The number of carbonyl (C=O) groups is 1. The molecule has 1 fully saturated rings. The van der Waals surface area contributed by atoms with E-state index in [4.69, 9.17) is 9.15 Å². The number of rotatable bonds is 6. The SMILES string of the molecule is CCOC(=O)c1coc(N(CC(C)C)C2CC2)n1. The molecule has 1 aromatic heterocycles. The normalized spacial score (nSPS) is 14.9. The second-order valence-electron chi connectivity index (χ2n) is 5.01. The van der Waals surface area contributed by atoms with E-state index in [1.807, 2.05) is 0 Å². The van der Waals surface area contributed by atoms with E-state index in [0.717, 1.165) is 6.54 Å². The van der Waals surface area contributed by atoms with Crippen LogP contribution >= 0.6 is 0 Å². The highest BCUT2D eigenvalue weighted by Gasteiger charge is 2.32. The van der Waals surface area contributed by atoms with Crippen LogP contribution in [0.25, 0.3) is 0 Å². The molecule has 1 heterocycles. The van der Waals surface area contributed by atoms with E-state index in [-0.39, 0.29) is 5.69 Å². The first-order valence-electron chi connectivity index (χ1n) is 6.51. The summed E-state index contributed by atoms with van der Waals surface area (Å²) in [6, 6.07) is 1.05. The Morgan fingerprint density at radius 3 is 2.89 bits per heavy atom. The summed E-state index contributed by atoms with van der Waals surface area (Å²) >= 11 is 0. The third-order valence-electron chi connectivity index (χ3n) is 2.77. The standard InChI is InChI=1S/C13H20N2O3/c1-4-17-12(16)11-8-18-13(14-11)15(7-9(2)3)10-5-6-10/h8-10H,4-7H2,1-3H3. The molecule has 1 aliphatic carbocycles. The van der Waals surface area contributed by atoms with Crippen molar-refractivity contribution in [2.45, 2.75) is 39.7 Å². The molecule has 1 aliphatic rings. The van der Waals surface area contributed by atoms with E-state index in [0.29, 0.717) is 24.6 Å². The first-order valence-corrected chi connectivity index (χ1v) is 6.51. The molecule has 1 saturated carbocycles. The minimum atomic E-state index is -0.423. The Labute approximate surface area is 107 Å². The summed E-state index contributed by atoms with van der Waals surface area (Å²) in [4.78, 5) is 17.9. The lowest BCUT2D eigenvalue weighted by molar-refractivity contribution is 0.0519. The van der Waals surface area contributed by atoms with E-state index < -0.39 is 5.97 Å². The van der Waals surface area contributed by atoms with Crippen molar-refractivity contribution in [2.75, 3.05) is 18.1 Å². The van der Waals surface area contributed by atoms with Gasteiger partial charge in [-0.15, -0.1) is 0 Å². The minimum Gasteiger partial charge on any atom is -0.461 e. The van der Waals surface area contributed by atoms with Crippen LogP contribution in [0.2, 0.25) is 0 Å². The van der Waals surface area contributed by atoms with Gasteiger partial charge in [0.25, 0.3) is 6.01 Å². The predicted molar refractivity (Wildman–Crippen MR) is 67.7 cm³/mol. The maximum absolute atomic E-state index is 11.5. The lowest BCUT2D eigenvalue weighted by atomic mass is 10.2. The van der Waals surface area contributed by atoms with Crippen molar-refractivity contribution in [3.8, 4) is 0 Å². The van der Waals surface area contributed by atoms with Gasteiger partial charge in [0.15, 0.2) is 5.69 Å². The monoisotopic (exact) mass is 252 g/mol. The highest BCUT2D eigenvalue weighted by Crippen LogP contribution is 2.31. The molecule has 0 aromatic carbocycles. The van der Waals surface area contributed by atoms with Crippen molar-refractivity contribution in [1.29, 1.82) is 0 Å². The highest BCUT2D eigenvalue weighted by atomic mass is 16.5. The lowest BCUT2D eigenvalue weighted by Gasteiger charge is -2.21. The first kappa shape index (κ1) is 12.9. The number of nitrogens with zero attached hydrogens (tertiary/aromatic N) is 2. The largest absolute Gasteiger partial charge is 0.461 e. The zero-order valence-electron chi connectivity index (χ0n) is 11.2. The first-order chi connectivity index (χ1) is 8.61. The van der Waals surface area contributed by atoms with Crippen molar-refractivity contribution >= 4 is 12.0 Å². The average molecular weight is 252 g/mol. The zero-order chi connectivity index (χ0) is 13.1.